The Morgan fingerprint density at radius 3 is 1.19 bits per heavy atom. The lowest BCUT2D eigenvalue weighted by Gasteiger charge is -2.41. The van der Waals surface area contributed by atoms with E-state index in [0.717, 1.165) is 0 Å². The number of halogens is 14. The number of alkyl halides is 14. The van der Waals surface area contributed by atoms with Crippen molar-refractivity contribution in [2.75, 3.05) is 0 Å². The Morgan fingerprint density at radius 1 is 0.778 bits per heavy atom. The lowest BCUT2D eigenvalue weighted by molar-refractivity contribution is -0.414. The summed E-state index contributed by atoms with van der Waals surface area (Å²) in [5, 5.41) is 9.75. The van der Waals surface area contributed by atoms with Gasteiger partial charge in [0.2, 0.25) is 0 Å². The van der Waals surface area contributed by atoms with Gasteiger partial charge in [0.15, 0.2) is 0 Å². The van der Waals surface area contributed by atoms with Crippen LogP contribution in [0.1, 0.15) is 0 Å². The number of carboxylic acid groups (broad SMARTS) is 1. The van der Waals surface area contributed by atoms with Crippen LogP contribution in [0.5, 0.6) is 0 Å². The molecular formula is C8H7F14N2O3-. The summed E-state index contributed by atoms with van der Waals surface area (Å²) in [5.74, 6) is -17.6. The molecule has 0 aliphatic rings. The summed E-state index contributed by atoms with van der Waals surface area (Å²) in [6.07, 6.45) is -7.07. The Balaban J connectivity index is -0.000000612. The molecule has 0 aromatic carbocycles. The summed E-state index contributed by atoms with van der Waals surface area (Å²) in [6.45, 7) is -16.9. The van der Waals surface area contributed by atoms with E-state index in [2.05, 4.69) is 4.74 Å². The smallest absolute Gasteiger partial charge is 0.443 e. The summed E-state index contributed by atoms with van der Waals surface area (Å²) in [5.41, 5.74) is 0. The van der Waals surface area contributed by atoms with E-state index >= 15 is 0 Å². The van der Waals surface area contributed by atoms with E-state index in [-0.39, 0.29) is 6.15 Å². The molecule has 0 aromatic heterocycles. The van der Waals surface area contributed by atoms with E-state index < -0.39 is 55.1 Å². The molecule has 0 aromatic rings. The van der Waals surface area contributed by atoms with Gasteiger partial charge in [0.05, 0.1) is 0 Å². The Kier molecular flexibility index (Phi) is 11.9. The van der Waals surface area contributed by atoms with Crippen molar-refractivity contribution in [2.45, 2.75) is 44.2 Å². The molecule has 27 heavy (non-hydrogen) atoms. The summed E-state index contributed by atoms with van der Waals surface area (Å²) >= 11 is 0. The maximum absolute atomic E-state index is 13.2. The second-order valence-corrected chi connectivity index (χ2v) is 3.60. The van der Waals surface area contributed by atoms with E-state index in [4.69, 9.17) is 0 Å². The first kappa shape index (κ1) is 30.1. The van der Waals surface area contributed by atoms with E-state index in [1.807, 2.05) is 0 Å². The third-order valence-electron chi connectivity index (χ3n) is 2.03. The third kappa shape index (κ3) is 7.48. The van der Waals surface area contributed by atoms with Gasteiger partial charge in [-0.2, -0.15) is 57.1 Å². The largest absolute Gasteiger partial charge is 0.544 e. The molecule has 0 bridgehead atoms. The molecule has 0 saturated carbocycles. The molecule has 0 aliphatic heterocycles. The van der Waals surface area contributed by atoms with Gasteiger partial charge < -0.3 is 16.1 Å². The number of ether oxygens (including phenoxy) is 1. The summed E-state index contributed by atoms with van der Waals surface area (Å²) in [6, 6.07) is 0. The molecule has 19 heteroatoms. The number of carboxylic acids is 1. The van der Waals surface area contributed by atoms with Gasteiger partial charge in [-0.25, -0.2) is 4.39 Å². The van der Waals surface area contributed by atoms with Crippen LogP contribution < -0.4 is 11.3 Å². The molecule has 1 atom stereocenters. The van der Waals surface area contributed by atoms with Crippen LogP contribution in [0.15, 0.2) is 0 Å². The first-order valence-corrected chi connectivity index (χ1v) is 5.25. The molecule has 0 aliphatic carbocycles. The minimum Gasteiger partial charge on any atom is -0.544 e. The molecule has 3 N–H and O–H groups in total. The second kappa shape index (κ2) is 10.6. The highest BCUT2D eigenvalue weighted by molar-refractivity contribution is 5.75. The molecule has 0 amide bonds. The van der Waals surface area contributed by atoms with Crippen LogP contribution in [0.3, 0.4) is 0 Å². The lowest BCUT2D eigenvalue weighted by atomic mass is 10.1. The van der Waals surface area contributed by atoms with Gasteiger partial charge in [0.1, 0.15) is 5.97 Å². The number of nitrogens with zero attached hydrogens (tertiary/aromatic N) is 1. The fraction of sp³-hybridized carbons (Fsp3) is 0.875. The minimum atomic E-state index is -7.07. The Bertz CT molecular complexity index is 431. The van der Waals surface area contributed by atoms with Gasteiger partial charge in [-0.1, -0.05) is 0 Å². The first-order chi connectivity index (χ1) is 11.3. The van der Waals surface area contributed by atoms with Crippen molar-refractivity contribution in [2.24, 2.45) is 0 Å². The van der Waals surface area contributed by atoms with Crippen molar-refractivity contribution >= 4 is 5.97 Å². The fourth-order valence-corrected chi connectivity index (χ4v) is 1.05. The van der Waals surface area contributed by atoms with Crippen LogP contribution in [0.25, 0.3) is 0 Å². The van der Waals surface area contributed by atoms with Crippen LogP contribution in [-0.2, 0) is 9.53 Å². The van der Waals surface area contributed by atoms with Crippen LogP contribution >= 0.6 is 0 Å². The van der Waals surface area contributed by atoms with E-state index in [1.165, 1.54) is 0 Å². The van der Waals surface area contributed by atoms with Crippen LogP contribution in [0, 0.1) is 0 Å². The van der Waals surface area contributed by atoms with Gasteiger partial charge in [-0.15, -0.1) is 4.90 Å². The highest BCUT2D eigenvalue weighted by atomic mass is 19.4. The SMILES string of the molecule is FC(F)OC(F)F.N.O=C([O-])C(F)(F)C(F)(N(C(F)F)C(F)F)C(F)(F)F. The zero-order valence-electron chi connectivity index (χ0n) is 12.0. The van der Waals surface area contributed by atoms with Crippen molar-refractivity contribution in [1.29, 1.82) is 0 Å². The minimum absolute atomic E-state index is 0. The fourth-order valence-electron chi connectivity index (χ4n) is 1.05. The molecule has 0 radical (unpaired) electrons. The zero-order valence-corrected chi connectivity index (χ0v) is 12.0. The number of rotatable bonds is 7. The molecule has 1 unspecified atom stereocenters. The average molecular weight is 445 g/mol. The molecule has 0 fully saturated rings. The normalized spacial score (nSPS) is 14.9. The molecule has 0 rings (SSSR count). The Hall–Kier alpha value is -1.63. The maximum Gasteiger partial charge on any atom is 0.443 e. The van der Waals surface area contributed by atoms with Crippen LogP contribution in [0.4, 0.5) is 61.5 Å². The van der Waals surface area contributed by atoms with Gasteiger partial charge in [-0.3, -0.25) is 4.74 Å². The molecule has 166 valence electrons. The van der Waals surface area contributed by atoms with Crippen molar-refractivity contribution < 1.29 is 76.1 Å². The molecule has 5 nitrogen and oxygen atoms in total. The van der Waals surface area contributed by atoms with Crippen LogP contribution in [0.2, 0.25) is 0 Å². The molecule has 0 saturated heterocycles. The number of carbonyl (C=O) groups is 1. The van der Waals surface area contributed by atoms with E-state index in [0.29, 0.717) is 0 Å². The van der Waals surface area contributed by atoms with Crippen LogP contribution in [-0.4, -0.2) is 55.1 Å². The van der Waals surface area contributed by atoms with E-state index in [1.54, 1.807) is 0 Å². The standard InChI is InChI=1S/C6H3F10NO2.C2H2F4O.H3N/c7-2(8)17(3(9)10)5(13,6(14,15)16)4(11,12)1(18)19;3-1(4)7-2(5)6;/h2-3H,(H,18,19);1-2H;1H3/p-1. The average Bonchev–Trinajstić information content (AvgIpc) is 2.34. The number of hydrogen-bond acceptors (Lipinski definition) is 5. The van der Waals surface area contributed by atoms with Gasteiger partial charge >= 0.3 is 44.2 Å². The predicted octanol–water partition coefficient (Wildman–Crippen LogP) is 2.96. The second-order valence-electron chi connectivity index (χ2n) is 3.60. The Labute approximate surface area is 139 Å². The maximum atomic E-state index is 13.2. The monoisotopic (exact) mass is 445 g/mol. The first-order valence-electron chi connectivity index (χ1n) is 5.25. The summed E-state index contributed by atoms with van der Waals surface area (Å²) in [4.78, 5) is 6.85. The van der Waals surface area contributed by atoms with Crippen molar-refractivity contribution in [1.82, 2.24) is 11.1 Å². The van der Waals surface area contributed by atoms with Crippen molar-refractivity contribution in [3.63, 3.8) is 0 Å². The Morgan fingerprint density at radius 2 is 1.07 bits per heavy atom. The third-order valence-corrected chi connectivity index (χ3v) is 2.03. The van der Waals surface area contributed by atoms with Crippen molar-refractivity contribution in [3.8, 4) is 0 Å². The predicted molar refractivity (Wildman–Crippen MR) is 51.8 cm³/mol. The topological polar surface area (TPSA) is 87.6 Å². The van der Waals surface area contributed by atoms with Crippen molar-refractivity contribution in [3.05, 3.63) is 0 Å². The summed E-state index contributed by atoms with van der Waals surface area (Å²) in [7, 11) is 0. The van der Waals surface area contributed by atoms with Gasteiger partial charge in [0.25, 0.3) is 0 Å². The quantitative estimate of drug-likeness (QED) is 0.481. The van der Waals surface area contributed by atoms with Gasteiger partial charge in [-0.05, 0) is 0 Å². The highest BCUT2D eigenvalue weighted by Crippen LogP contribution is 2.49. The van der Waals surface area contributed by atoms with Gasteiger partial charge in [0, 0.05) is 0 Å². The molecule has 0 heterocycles. The number of carbonyl (C=O) groups excluding carboxylic acids is 1. The summed E-state index contributed by atoms with van der Waals surface area (Å²) < 4.78 is 167. The zero-order chi connectivity index (χ0) is 21.7. The molecular weight excluding hydrogens is 438 g/mol. The lowest BCUT2D eigenvalue weighted by Crippen LogP contribution is -2.72. The highest BCUT2D eigenvalue weighted by Gasteiger charge is 2.78. The molecule has 0 spiro atoms. The number of aliphatic carboxylic acids is 1. The van der Waals surface area contributed by atoms with E-state index in [9.17, 15) is 71.4 Å². The number of hydrogen-bond donors (Lipinski definition) is 1.